The van der Waals surface area contributed by atoms with E-state index in [0.29, 0.717) is 24.7 Å². The molecule has 2 heterocycles. The quantitative estimate of drug-likeness (QED) is 0.937. The van der Waals surface area contributed by atoms with Crippen LogP contribution in [-0.2, 0) is 16.8 Å². The van der Waals surface area contributed by atoms with Crippen molar-refractivity contribution < 1.29 is 13.9 Å². The molecule has 24 heavy (non-hydrogen) atoms. The van der Waals surface area contributed by atoms with Crippen LogP contribution in [0.2, 0.25) is 0 Å². The van der Waals surface area contributed by atoms with Crippen molar-refractivity contribution in [2.24, 2.45) is 0 Å². The van der Waals surface area contributed by atoms with Crippen molar-refractivity contribution in [1.29, 1.82) is 0 Å². The van der Waals surface area contributed by atoms with Crippen LogP contribution in [0.5, 0.6) is 5.75 Å². The molecular weight excluding hydrogens is 306 g/mol. The number of hydrogen-bond acceptors (Lipinski definition) is 5. The molecule has 6 nitrogen and oxygen atoms in total. The average molecular weight is 329 g/mol. The van der Waals surface area contributed by atoms with E-state index in [4.69, 9.17) is 9.15 Å². The molecule has 3 rings (SSSR count). The van der Waals surface area contributed by atoms with Crippen LogP contribution in [-0.4, -0.2) is 30.6 Å². The number of benzene rings is 1. The monoisotopic (exact) mass is 329 g/mol. The molecule has 1 aliphatic rings. The lowest BCUT2D eigenvalue weighted by atomic mass is 9.94. The molecule has 1 aromatic carbocycles. The summed E-state index contributed by atoms with van der Waals surface area (Å²) in [7, 11) is 1.61. The number of anilines is 1. The number of nitrogens with zero attached hydrogens (tertiary/aromatic N) is 2. The van der Waals surface area contributed by atoms with E-state index in [-0.39, 0.29) is 11.3 Å². The number of hydrogen-bond donors (Lipinski definition) is 1. The zero-order valence-electron chi connectivity index (χ0n) is 14.5. The van der Waals surface area contributed by atoms with E-state index in [2.05, 4.69) is 36.0 Å². The smallest absolute Gasteiger partial charge is 0.262 e. The molecule has 1 N–H and O–H groups in total. The van der Waals surface area contributed by atoms with Crippen LogP contribution in [0.25, 0.3) is 0 Å². The summed E-state index contributed by atoms with van der Waals surface area (Å²) >= 11 is 0. The molecule has 1 aliphatic heterocycles. The van der Waals surface area contributed by atoms with E-state index in [1.807, 2.05) is 24.3 Å². The van der Waals surface area contributed by atoms with Crippen molar-refractivity contribution in [1.82, 2.24) is 10.3 Å². The Kier molecular flexibility index (Phi) is 4.22. The van der Waals surface area contributed by atoms with Gasteiger partial charge in [0.25, 0.3) is 5.91 Å². The Morgan fingerprint density at radius 1 is 1.38 bits per heavy atom. The van der Waals surface area contributed by atoms with Crippen LogP contribution >= 0.6 is 0 Å². The fraction of sp³-hybridized carbons (Fsp3) is 0.444. The van der Waals surface area contributed by atoms with Gasteiger partial charge in [-0.2, -0.15) is 0 Å². The normalized spacial score (nSPS) is 17.2. The Balaban J connectivity index is 1.86. The number of amides is 1. The molecule has 0 bridgehead atoms. The SMILES string of the molecule is CNC(=O)C1CN(Cc2ncc(C(C)(C)C)o2)c2ccccc2O1. The third kappa shape index (κ3) is 3.22. The number of fused-ring (bicyclic) bond motifs is 1. The lowest BCUT2D eigenvalue weighted by molar-refractivity contribution is -0.127. The first-order valence-electron chi connectivity index (χ1n) is 8.06. The molecule has 1 atom stereocenters. The number of likely N-dealkylation sites (N-methyl/N-ethyl adjacent to an activating group) is 1. The Labute approximate surface area is 141 Å². The van der Waals surface area contributed by atoms with Gasteiger partial charge in [0.2, 0.25) is 5.89 Å². The molecule has 0 saturated carbocycles. The van der Waals surface area contributed by atoms with Crippen molar-refractivity contribution in [2.45, 2.75) is 38.8 Å². The molecule has 128 valence electrons. The maximum absolute atomic E-state index is 12.0. The number of carbonyl (C=O) groups excluding carboxylic acids is 1. The highest BCUT2D eigenvalue weighted by Crippen LogP contribution is 2.34. The van der Waals surface area contributed by atoms with Gasteiger partial charge in [-0.3, -0.25) is 4.79 Å². The summed E-state index contributed by atoms with van der Waals surface area (Å²) in [4.78, 5) is 18.5. The van der Waals surface area contributed by atoms with Gasteiger partial charge in [0.15, 0.2) is 6.10 Å². The molecule has 0 spiro atoms. The van der Waals surface area contributed by atoms with E-state index >= 15 is 0 Å². The van der Waals surface area contributed by atoms with Crippen LogP contribution in [0.15, 0.2) is 34.9 Å². The zero-order chi connectivity index (χ0) is 17.3. The predicted octanol–water partition coefficient (Wildman–Crippen LogP) is 2.49. The highest BCUT2D eigenvalue weighted by molar-refractivity contribution is 5.83. The van der Waals surface area contributed by atoms with Gasteiger partial charge in [-0.25, -0.2) is 4.98 Å². The van der Waals surface area contributed by atoms with E-state index in [0.717, 1.165) is 11.4 Å². The van der Waals surface area contributed by atoms with Crippen LogP contribution in [0.3, 0.4) is 0 Å². The largest absolute Gasteiger partial charge is 0.477 e. The predicted molar refractivity (Wildman–Crippen MR) is 91.2 cm³/mol. The minimum Gasteiger partial charge on any atom is -0.477 e. The summed E-state index contributed by atoms with van der Waals surface area (Å²) < 4.78 is 11.7. The van der Waals surface area contributed by atoms with Gasteiger partial charge in [0.1, 0.15) is 11.5 Å². The first kappa shape index (κ1) is 16.4. The van der Waals surface area contributed by atoms with Gasteiger partial charge in [-0.05, 0) is 12.1 Å². The van der Waals surface area contributed by atoms with Gasteiger partial charge in [-0.15, -0.1) is 0 Å². The molecule has 1 unspecified atom stereocenters. The van der Waals surface area contributed by atoms with E-state index in [1.54, 1.807) is 13.2 Å². The second-order valence-corrected chi connectivity index (χ2v) is 6.94. The highest BCUT2D eigenvalue weighted by Gasteiger charge is 2.31. The minimum absolute atomic E-state index is 0.0845. The van der Waals surface area contributed by atoms with Gasteiger partial charge >= 0.3 is 0 Å². The number of aromatic nitrogens is 1. The molecule has 1 amide bonds. The van der Waals surface area contributed by atoms with Crippen molar-refractivity contribution in [3.63, 3.8) is 0 Å². The lowest BCUT2D eigenvalue weighted by Gasteiger charge is -2.34. The minimum atomic E-state index is -0.554. The Morgan fingerprint density at radius 2 is 2.12 bits per heavy atom. The second-order valence-electron chi connectivity index (χ2n) is 6.94. The summed E-state index contributed by atoms with van der Waals surface area (Å²) in [5.41, 5.74) is 0.854. The summed E-state index contributed by atoms with van der Waals surface area (Å²) in [6, 6.07) is 7.69. The third-order valence-electron chi connectivity index (χ3n) is 4.02. The zero-order valence-corrected chi connectivity index (χ0v) is 14.5. The number of rotatable bonds is 3. The number of ether oxygens (including phenoxy) is 1. The first-order chi connectivity index (χ1) is 11.4. The lowest BCUT2D eigenvalue weighted by Crippen LogP contribution is -2.48. The third-order valence-corrected chi connectivity index (χ3v) is 4.02. The van der Waals surface area contributed by atoms with Crippen molar-refractivity contribution in [3.8, 4) is 5.75 Å². The number of oxazole rings is 1. The molecule has 0 radical (unpaired) electrons. The summed E-state index contributed by atoms with van der Waals surface area (Å²) in [6.07, 6.45) is 1.22. The standard InChI is InChI=1S/C18H23N3O3/c1-18(2,3)15-9-20-16(24-15)11-21-10-14(17(22)19-4)23-13-8-6-5-7-12(13)21/h5-9,14H,10-11H2,1-4H3,(H,19,22). The summed E-state index contributed by atoms with van der Waals surface area (Å²) in [6.45, 7) is 7.20. The number of para-hydroxylation sites is 2. The van der Waals surface area contributed by atoms with E-state index in [9.17, 15) is 4.79 Å². The Morgan fingerprint density at radius 3 is 2.79 bits per heavy atom. The number of nitrogens with one attached hydrogen (secondary N) is 1. The molecule has 1 aromatic heterocycles. The van der Waals surface area contributed by atoms with Crippen molar-refractivity contribution in [2.75, 3.05) is 18.5 Å². The fourth-order valence-electron chi connectivity index (χ4n) is 2.65. The fourth-order valence-corrected chi connectivity index (χ4v) is 2.65. The van der Waals surface area contributed by atoms with Gasteiger partial charge in [-0.1, -0.05) is 32.9 Å². The van der Waals surface area contributed by atoms with Gasteiger partial charge in [0.05, 0.1) is 25.0 Å². The maximum atomic E-state index is 12.0. The van der Waals surface area contributed by atoms with Crippen LogP contribution < -0.4 is 15.0 Å². The molecular formula is C18H23N3O3. The molecule has 6 heteroatoms. The maximum Gasteiger partial charge on any atom is 0.262 e. The van der Waals surface area contributed by atoms with Crippen LogP contribution in [0.1, 0.15) is 32.4 Å². The van der Waals surface area contributed by atoms with Gasteiger partial charge in [0, 0.05) is 12.5 Å². The Hall–Kier alpha value is -2.50. The van der Waals surface area contributed by atoms with Crippen LogP contribution in [0, 0.1) is 0 Å². The molecule has 2 aromatic rings. The van der Waals surface area contributed by atoms with Crippen LogP contribution in [0.4, 0.5) is 5.69 Å². The van der Waals surface area contributed by atoms with Crippen molar-refractivity contribution >= 4 is 11.6 Å². The second kappa shape index (κ2) is 6.19. The number of carbonyl (C=O) groups is 1. The summed E-state index contributed by atoms with van der Waals surface area (Å²) in [5, 5.41) is 2.64. The average Bonchev–Trinajstić information content (AvgIpc) is 3.03. The highest BCUT2D eigenvalue weighted by atomic mass is 16.5. The van der Waals surface area contributed by atoms with Crippen molar-refractivity contribution in [3.05, 3.63) is 42.1 Å². The topological polar surface area (TPSA) is 67.6 Å². The Bertz CT molecular complexity index is 733. The molecule has 0 fully saturated rings. The van der Waals surface area contributed by atoms with E-state index < -0.39 is 6.10 Å². The first-order valence-corrected chi connectivity index (χ1v) is 8.06. The summed E-state index contributed by atoms with van der Waals surface area (Å²) in [5.74, 6) is 2.03. The molecule has 0 aliphatic carbocycles. The van der Waals surface area contributed by atoms with Gasteiger partial charge < -0.3 is 19.4 Å². The molecule has 0 saturated heterocycles. The van der Waals surface area contributed by atoms with E-state index in [1.165, 1.54) is 0 Å².